The maximum atomic E-state index is 11.3. The molecule has 1 aromatic rings. The number of nitrogens with zero attached hydrogens (tertiary/aromatic N) is 2. The number of hydrogen-bond donors (Lipinski definition) is 1. The molecular weight excluding hydrogens is 294 g/mol. The van der Waals surface area contributed by atoms with Crippen LogP contribution in [0.4, 0.5) is 5.69 Å². The highest BCUT2D eigenvalue weighted by Crippen LogP contribution is 2.54. The van der Waals surface area contributed by atoms with Gasteiger partial charge in [0.2, 0.25) is 0 Å². The van der Waals surface area contributed by atoms with Crippen LogP contribution in [0.25, 0.3) is 0 Å². The maximum Gasteiger partial charge on any atom is 0.311 e. The number of methoxy groups -OCH3 is 1. The second kappa shape index (κ2) is 6.09. The van der Waals surface area contributed by atoms with E-state index in [0.29, 0.717) is 17.2 Å². The lowest BCUT2D eigenvalue weighted by Gasteiger charge is -2.59. The fraction of sp³-hybridized carbons (Fsp3) is 0.647. The zero-order valence-corrected chi connectivity index (χ0v) is 14.1. The smallest absolute Gasteiger partial charge is 0.311 e. The van der Waals surface area contributed by atoms with Crippen LogP contribution in [0, 0.1) is 15.5 Å². The van der Waals surface area contributed by atoms with Crippen molar-refractivity contribution in [1.29, 1.82) is 0 Å². The third kappa shape index (κ3) is 2.60. The van der Waals surface area contributed by atoms with Crippen LogP contribution >= 0.6 is 0 Å². The Balaban J connectivity index is 2.05. The van der Waals surface area contributed by atoms with Crippen molar-refractivity contribution in [2.24, 2.45) is 5.41 Å². The maximum absolute atomic E-state index is 11.3. The SMILES string of the molecule is CCc1cc([N+](=O)[O-])c(OC)cc1C1N(C)CC12CCNCC2. The van der Waals surface area contributed by atoms with E-state index in [1.165, 1.54) is 12.7 Å². The second-order valence-electron chi connectivity index (χ2n) is 6.76. The van der Waals surface area contributed by atoms with Crippen LogP contribution in [-0.4, -0.2) is 43.6 Å². The van der Waals surface area contributed by atoms with Crippen molar-refractivity contribution in [3.05, 3.63) is 33.4 Å². The lowest BCUT2D eigenvalue weighted by molar-refractivity contribution is -0.385. The molecule has 2 aliphatic rings. The van der Waals surface area contributed by atoms with Crippen molar-refractivity contribution in [2.45, 2.75) is 32.2 Å². The van der Waals surface area contributed by atoms with E-state index in [9.17, 15) is 10.1 Å². The molecule has 0 radical (unpaired) electrons. The normalized spacial score (nSPS) is 23.5. The fourth-order valence-electron chi connectivity index (χ4n) is 4.45. The molecule has 1 aromatic carbocycles. The Bertz CT molecular complexity index is 606. The Kier molecular flexibility index (Phi) is 4.29. The Morgan fingerprint density at radius 2 is 2.13 bits per heavy atom. The first-order valence-electron chi connectivity index (χ1n) is 8.28. The van der Waals surface area contributed by atoms with Crippen LogP contribution in [0.15, 0.2) is 12.1 Å². The minimum atomic E-state index is -0.355. The van der Waals surface area contributed by atoms with Crippen molar-refractivity contribution in [1.82, 2.24) is 10.2 Å². The summed E-state index contributed by atoms with van der Waals surface area (Å²) >= 11 is 0. The van der Waals surface area contributed by atoms with Gasteiger partial charge in [-0.2, -0.15) is 0 Å². The predicted molar refractivity (Wildman–Crippen MR) is 88.9 cm³/mol. The fourth-order valence-corrected chi connectivity index (χ4v) is 4.45. The molecule has 2 fully saturated rings. The predicted octanol–water partition coefficient (Wildman–Crippen LogP) is 2.52. The molecule has 2 aliphatic heterocycles. The average molecular weight is 319 g/mol. The van der Waals surface area contributed by atoms with Gasteiger partial charge in [-0.3, -0.25) is 15.0 Å². The van der Waals surface area contributed by atoms with E-state index in [0.717, 1.165) is 44.5 Å². The van der Waals surface area contributed by atoms with Gasteiger partial charge in [-0.1, -0.05) is 6.92 Å². The quantitative estimate of drug-likeness (QED) is 0.682. The Labute approximate surface area is 137 Å². The third-order valence-corrected chi connectivity index (χ3v) is 5.50. The van der Waals surface area contributed by atoms with Crippen LogP contribution in [-0.2, 0) is 6.42 Å². The summed E-state index contributed by atoms with van der Waals surface area (Å²) in [5, 5.41) is 14.7. The molecule has 0 aromatic heterocycles. The zero-order valence-electron chi connectivity index (χ0n) is 14.1. The number of hydrogen-bond acceptors (Lipinski definition) is 5. The molecule has 126 valence electrons. The summed E-state index contributed by atoms with van der Waals surface area (Å²) in [6.07, 6.45) is 3.10. The molecule has 2 saturated heterocycles. The Hall–Kier alpha value is -1.66. The monoisotopic (exact) mass is 319 g/mol. The summed E-state index contributed by atoms with van der Waals surface area (Å²) in [4.78, 5) is 13.3. The molecule has 2 heterocycles. The zero-order chi connectivity index (χ0) is 16.6. The van der Waals surface area contributed by atoms with Gasteiger partial charge in [-0.25, -0.2) is 0 Å². The molecule has 6 heteroatoms. The van der Waals surface area contributed by atoms with Gasteiger partial charge in [-0.15, -0.1) is 0 Å². The number of nitro groups is 1. The number of rotatable bonds is 4. The highest BCUT2D eigenvalue weighted by Gasteiger charge is 2.52. The van der Waals surface area contributed by atoms with Gasteiger partial charge < -0.3 is 10.1 Å². The summed E-state index contributed by atoms with van der Waals surface area (Å²) in [5.74, 6) is 0.367. The van der Waals surface area contributed by atoms with Gasteiger partial charge in [0.15, 0.2) is 5.75 Å². The van der Waals surface area contributed by atoms with Crippen LogP contribution < -0.4 is 10.1 Å². The van der Waals surface area contributed by atoms with E-state index in [4.69, 9.17) is 4.74 Å². The molecular formula is C17H25N3O3. The minimum absolute atomic E-state index is 0.0643. The largest absolute Gasteiger partial charge is 0.490 e. The number of piperidine rings is 1. The van der Waals surface area contributed by atoms with E-state index < -0.39 is 0 Å². The molecule has 6 nitrogen and oxygen atoms in total. The van der Waals surface area contributed by atoms with Gasteiger partial charge >= 0.3 is 5.69 Å². The van der Waals surface area contributed by atoms with Crippen LogP contribution in [0.2, 0.25) is 0 Å². The van der Waals surface area contributed by atoms with E-state index in [2.05, 4.69) is 24.2 Å². The van der Waals surface area contributed by atoms with E-state index >= 15 is 0 Å². The molecule has 0 aliphatic carbocycles. The number of nitro benzene ring substituents is 1. The second-order valence-corrected chi connectivity index (χ2v) is 6.76. The number of benzene rings is 1. The lowest BCUT2D eigenvalue weighted by Crippen LogP contribution is -2.60. The van der Waals surface area contributed by atoms with Crippen molar-refractivity contribution in [3.63, 3.8) is 0 Å². The van der Waals surface area contributed by atoms with Crippen molar-refractivity contribution in [3.8, 4) is 5.75 Å². The molecule has 23 heavy (non-hydrogen) atoms. The first-order chi connectivity index (χ1) is 11.0. The van der Waals surface area contributed by atoms with Crippen LogP contribution in [0.1, 0.15) is 36.9 Å². The third-order valence-electron chi connectivity index (χ3n) is 5.50. The first-order valence-corrected chi connectivity index (χ1v) is 8.28. The van der Waals surface area contributed by atoms with Crippen molar-refractivity contribution in [2.75, 3.05) is 33.8 Å². The summed E-state index contributed by atoms with van der Waals surface area (Å²) in [5.41, 5.74) is 2.62. The first kappa shape index (κ1) is 16.2. The van der Waals surface area contributed by atoms with E-state index in [1.807, 2.05) is 6.07 Å². The molecule has 0 saturated carbocycles. The average Bonchev–Trinajstić information content (AvgIpc) is 2.54. The molecule has 0 bridgehead atoms. The Morgan fingerprint density at radius 3 is 2.65 bits per heavy atom. The number of ether oxygens (including phenoxy) is 1. The summed E-state index contributed by atoms with van der Waals surface area (Å²) in [6, 6.07) is 3.94. The number of aryl methyl sites for hydroxylation is 1. The van der Waals surface area contributed by atoms with Crippen LogP contribution in [0.5, 0.6) is 5.75 Å². The molecule has 3 rings (SSSR count). The molecule has 1 atom stereocenters. The van der Waals surface area contributed by atoms with Crippen LogP contribution in [0.3, 0.4) is 0 Å². The summed E-state index contributed by atoms with van der Waals surface area (Å²) in [7, 11) is 3.65. The summed E-state index contributed by atoms with van der Waals surface area (Å²) in [6.45, 7) is 5.26. The molecule has 1 unspecified atom stereocenters. The molecule has 0 amide bonds. The topological polar surface area (TPSA) is 67.6 Å². The highest BCUT2D eigenvalue weighted by molar-refractivity contribution is 5.54. The van der Waals surface area contributed by atoms with E-state index in [-0.39, 0.29) is 10.6 Å². The highest BCUT2D eigenvalue weighted by atomic mass is 16.6. The van der Waals surface area contributed by atoms with E-state index in [1.54, 1.807) is 6.07 Å². The van der Waals surface area contributed by atoms with Gasteiger partial charge in [0.05, 0.1) is 12.0 Å². The van der Waals surface area contributed by atoms with Gasteiger partial charge in [0, 0.05) is 24.1 Å². The molecule has 1 N–H and O–H groups in total. The number of likely N-dealkylation sites (tertiary alicyclic amines) is 1. The lowest BCUT2D eigenvalue weighted by atomic mass is 9.63. The number of nitrogens with one attached hydrogen (secondary N) is 1. The van der Waals surface area contributed by atoms with Gasteiger partial charge in [0.1, 0.15) is 0 Å². The standard InChI is InChI=1S/C17H25N3O3/c1-4-12-9-14(20(21)22)15(23-3)10-13(12)16-17(11-19(16)2)5-7-18-8-6-17/h9-10,16,18H,4-8,11H2,1-3H3. The summed E-state index contributed by atoms with van der Waals surface area (Å²) < 4.78 is 5.30. The molecule has 1 spiro atoms. The van der Waals surface area contributed by atoms with Gasteiger partial charge in [-0.05, 0) is 56.6 Å². The van der Waals surface area contributed by atoms with Crippen molar-refractivity contribution < 1.29 is 9.66 Å². The van der Waals surface area contributed by atoms with Crippen molar-refractivity contribution >= 4 is 5.69 Å². The van der Waals surface area contributed by atoms with Gasteiger partial charge in [0.25, 0.3) is 0 Å². The Morgan fingerprint density at radius 1 is 1.43 bits per heavy atom. The minimum Gasteiger partial charge on any atom is -0.490 e.